The molecule has 1 unspecified atom stereocenters. The van der Waals surface area contributed by atoms with E-state index in [1.54, 1.807) is 5.32 Å². The van der Waals surface area contributed by atoms with Crippen LogP contribution in [0.2, 0.25) is 0 Å². The van der Waals surface area contributed by atoms with Crippen LogP contribution in [0.1, 0.15) is 10.4 Å². The van der Waals surface area contributed by atoms with Gasteiger partial charge in [0.25, 0.3) is 11.5 Å². The lowest BCUT2D eigenvalue weighted by atomic mass is 10.1. The van der Waals surface area contributed by atoms with Gasteiger partial charge in [0.2, 0.25) is 0 Å². The zero-order chi connectivity index (χ0) is 26.0. The average molecular weight is 505 g/mol. The van der Waals surface area contributed by atoms with E-state index in [2.05, 4.69) is 9.84 Å². The predicted octanol–water partition coefficient (Wildman–Crippen LogP) is 3.59. The van der Waals surface area contributed by atoms with Crippen LogP contribution in [0, 0.1) is 5.82 Å². The van der Waals surface area contributed by atoms with Crippen LogP contribution in [-0.2, 0) is 0 Å². The summed E-state index contributed by atoms with van der Waals surface area (Å²) in [4.78, 5) is 25.3. The van der Waals surface area contributed by atoms with E-state index in [1.807, 2.05) is 0 Å². The number of rotatable bonds is 6. The number of nitrogens with one attached hydrogen (secondary N) is 1. The van der Waals surface area contributed by atoms with Gasteiger partial charge in [0.05, 0.1) is 17.9 Å². The zero-order valence-corrected chi connectivity index (χ0v) is 17.2. The summed E-state index contributed by atoms with van der Waals surface area (Å²) in [5.41, 5.74) is -2.05. The standard InChI is InChI=1S/C21H14F7N3O4/c22-12-2-1-3-13(8-12)31-19(34)15(18(33)29-10-17(32)20(23,24)25)9-16(30-31)11-4-6-14(7-5-11)35-21(26,27)28/h1-9,17,32H,10H2,(H,29,33). The van der Waals surface area contributed by atoms with E-state index in [-0.39, 0.29) is 16.9 Å². The highest BCUT2D eigenvalue weighted by Crippen LogP contribution is 2.26. The first-order valence-corrected chi connectivity index (χ1v) is 9.54. The lowest BCUT2D eigenvalue weighted by Crippen LogP contribution is -2.42. The van der Waals surface area contributed by atoms with Gasteiger partial charge >= 0.3 is 12.5 Å². The summed E-state index contributed by atoms with van der Waals surface area (Å²) >= 11 is 0. The molecular weight excluding hydrogens is 491 g/mol. The Morgan fingerprint density at radius 3 is 2.29 bits per heavy atom. The van der Waals surface area contributed by atoms with E-state index in [0.717, 1.165) is 42.5 Å². The predicted molar refractivity (Wildman–Crippen MR) is 106 cm³/mol. The summed E-state index contributed by atoms with van der Waals surface area (Å²) in [6.45, 7) is -1.26. The van der Waals surface area contributed by atoms with Crippen LogP contribution in [0.5, 0.6) is 5.75 Å². The second-order valence-electron chi connectivity index (χ2n) is 6.98. The Labute approximate surface area is 191 Å². The molecule has 3 rings (SSSR count). The van der Waals surface area contributed by atoms with Gasteiger partial charge in [0.1, 0.15) is 17.1 Å². The van der Waals surface area contributed by atoms with E-state index in [1.165, 1.54) is 12.1 Å². The molecule has 0 fully saturated rings. The van der Waals surface area contributed by atoms with Crippen LogP contribution in [0.3, 0.4) is 0 Å². The molecule has 0 saturated carbocycles. The number of carbonyl (C=O) groups excluding carboxylic acids is 1. The molecule has 1 amide bonds. The maximum atomic E-state index is 13.7. The van der Waals surface area contributed by atoms with E-state index in [0.29, 0.717) is 4.68 Å². The fourth-order valence-corrected chi connectivity index (χ4v) is 2.81. The Morgan fingerprint density at radius 2 is 1.71 bits per heavy atom. The Kier molecular flexibility index (Phi) is 7.14. The Morgan fingerprint density at radius 1 is 1.06 bits per heavy atom. The Balaban J connectivity index is 2.05. The second-order valence-corrected chi connectivity index (χ2v) is 6.98. The lowest BCUT2D eigenvalue weighted by molar-refractivity contribution is -0.274. The highest BCUT2D eigenvalue weighted by Gasteiger charge is 2.38. The monoisotopic (exact) mass is 505 g/mol. The number of hydrogen-bond donors (Lipinski definition) is 2. The number of amides is 1. The second kappa shape index (κ2) is 9.74. The first-order valence-electron chi connectivity index (χ1n) is 9.54. The van der Waals surface area contributed by atoms with E-state index >= 15 is 0 Å². The third-order valence-corrected chi connectivity index (χ3v) is 4.43. The van der Waals surface area contributed by atoms with Crippen LogP contribution >= 0.6 is 0 Å². The summed E-state index contributed by atoms with van der Waals surface area (Å²) in [6, 6.07) is 9.45. The van der Waals surface area contributed by atoms with Crippen molar-refractivity contribution >= 4 is 5.91 Å². The van der Waals surface area contributed by atoms with Crippen molar-refractivity contribution in [2.24, 2.45) is 0 Å². The van der Waals surface area contributed by atoms with E-state index < -0.39 is 53.8 Å². The zero-order valence-electron chi connectivity index (χ0n) is 17.2. The molecule has 14 heteroatoms. The van der Waals surface area contributed by atoms with Gasteiger partial charge in [-0.3, -0.25) is 9.59 Å². The molecule has 7 nitrogen and oxygen atoms in total. The van der Waals surface area contributed by atoms with Crippen molar-refractivity contribution in [3.63, 3.8) is 0 Å². The molecule has 1 heterocycles. The molecule has 0 aliphatic heterocycles. The van der Waals surface area contributed by atoms with Gasteiger partial charge in [-0.2, -0.15) is 23.0 Å². The van der Waals surface area contributed by atoms with Crippen molar-refractivity contribution < 1.29 is 45.4 Å². The fraction of sp³-hybridized carbons (Fsp3) is 0.190. The van der Waals surface area contributed by atoms with Gasteiger partial charge in [0.15, 0.2) is 6.10 Å². The van der Waals surface area contributed by atoms with Crippen molar-refractivity contribution in [2.45, 2.75) is 18.6 Å². The number of ether oxygens (including phenoxy) is 1. The molecule has 0 radical (unpaired) electrons. The van der Waals surface area contributed by atoms with Gasteiger partial charge in [-0.25, -0.2) is 4.39 Å². The van der Waals surface area contributed by atoms with Crippen molar-refractivity contribution in [1.82, 2.24) is 15.1 Å². The number of benzene rings is 2. The number of carbonyl (C=O) groups is 1. The molecule has 1 atom stereocenters. The molecule has 0 aliphatic rings. The Hall–Kier alpha value is -3.94. The van der Waals surface area contributed by atoms with Crippen LogP contribution in [-0.4, -0.2) is 46.0 Å². The minimum atomic E-state index is -5.03. The summed E-state index contributed by atoms with van der Waals surface area (Å²) in [5.74, 6) is -2.64. The largest absolute Gasteiger partial charge is 0.573 e. The molecule has 3 aromatic rings. The summed E-state index contributed by atoms with van der Waals surface area (Å²) in [6.07, 6.45) is -12.9. The van der Waals surface area contributed by atoms with Crippen molar-refractivity contribution in [3.8, 4) is 22.7 Å². The first-order chi connectivity index (χ1) is 16.2. The highest BCUT2D eigenvalue weighted by atomic mass is 19.4. The number of hydrogen-bond acceptors (Lipinski definition) is 5. The maximum absolute atomic E-state index is 13.7. The van der Waals surface area contributed by atoms with Crippen molar-refractivity contribution in [1.29, 1.82) is 0 Å². The number of aromatic nitrogens is 2. The van der Waals surface area contributed by atoms with Gasteiger partial charge in [-0.05, 0) is 48.5 Å². The Bertz CT molecular complexity index is 1270. The quantitative estimate of drug-likeness (QED) is 0.500. The van der Waals surface area contributed by atoms with Gasteiger partial charge in [-0.1, -0.05) is 6.07 Å². The molecule has 1 aromatic heterocycles. The van der Waals surface area contributed by atoms with Crippen LogP contribution in [0.4, 0.5) is 30.7 Å². The lowest BCUT2D eigenvalue weighted by Gasteiger charge is -2.16. The number of aliphatic hydroxyl groups excluding tert-OH is 1. The van der Waals surface area contributed by atoms with Crippen molar-refractivity contribution in [3.05, 3.63) is 76.3 Å². The van der Waals surface area contributed by atoms with Gasteiger partial charge in [0, 0.05) is 5.56 Å². The molecule has 0 saturated heterocycles. The summed E-state index contributed by atoms with van der Waals surface area (Å²) in [7, 11) is 0. The van der Waals surface area contributed by atoms with Gasteiger partial charge in [-0.15, -0.1) is 13.2 Å². The number of halogens is 7. The molecular formula is C21H14F7N3O4. The molecule has 2 N–H and O–H groups in total. The van der Waals surface area contributed by atoms with E-state index in [9.17, 15) is 40.3 Å². The van der Waals surface area contributed by atoms with Crippen LogP contribution in [0.25, 0.3) is 16.9 Å². The molecule has 0 aliphatic carbocycles. The van der Waals surface area contributed by atoms with Crippen LogP contribution in [0.15, 0.2) is 59.4 Å². The topological polar surface area (TPSA) is 93.4 Å². The third kappa shape index (κ3) is 6.56. The maximum Gasteiger partial charge on any atom is 0.573 e. The first kappa shape index (κ1) is 25.7. The third-order valence-electron chi connectivity index (χ3n) is 4.43. The molecule has 0 spiro atoms. The normalized spacial score (nSPS) is 12.8. The average Bonchev–Trinajstić information content (AvgIpc) is 2.76. The minimum Gasteiger partial charge on any atom is -0.406 e. The molecule has 35 heavy (non-hydrogen) atoms. The summed E-state index contributed by atoms with van der Waals surface area (Å²) < 4.78 is 92.8. The number of nitrogens with zero attached hydrogens (tertiary/aromatic N) is 2. The molecule has 2 aromatic carbocycles. The minimum absolute atomic E-state index is 0.0917. The molecule has 186 valence electrons. The SMILES string of the molecule is O=C(NCC(O)C(F)(F)F)c1cc(-c2ccc(OC(F)(F)F)cc2)nn(-c2cccc(F)c2)c1=O. The molecule has 0 bridgehead atoms. The fourth-order valence-electron chi connectivity index (χ4n) is 2.81. The van der Waals surface area contributed by atoms with Crippen molar-refractivity contribution in [2.75, 3.05) is 6.54 Å². The van der Waals surface area contributed by atoms with Gasteiger partial charge < -0.3 is 15.2 Å². The van der Waals surface area contributed by atoms with E-state index in [4.69, 9.17) is 5.11 Å². The summed E-state index contributed by atoms with van der Waals surface area (Å²) in [5, 5.41) is 14.9. The smallest absolute Gasteiger partial charge is 0.406 e. The highest BCUT2D eigenvalue weighted by molar-refractivity contribution is 5.94. The number of alkyl halides is 6. The van der Waals surface area contributed by atoms with Crippen LogP contribution < -0.4 is 15.6 Å². The number of aliphatic hydroxyl groups is 1.